The van der Waals surface area contributed by atoms with Crippen LogP contribution in [-0.2, 0) is 6.54 Å². The molecule has 16 heavy (non-hydrogen) atoms. The molecular formula is C10H10BrN3O2. The van der Waals surface area contributed by atoms with Crippen LogP contribution in [0.5, 0.6) is 0 Å². The van der Waals surface area contributed by atoms with Crippen molar-refractivity contribution in [3.63, 3.8) is 0 Å². The number of benzene rings is 1. The maximum absolute atomic E-state index is 8.78. The molecule has 0 aliphatic carbocycles. The van der Waals surface area contributed by atoms with Crippen LogP contribution in [0.4, 0.5) is 0 Å². The Kier molecular flexibility index (Phi) is 3.33. The van der Waals surface area contributed by atoms with E-state index in [0.717, 1.165) is 10.0 Å². The van der Waals surface area contributed by atoms with Crippen molar-refractivity contribution in [2.24, 2.45) is 0 Å². The maximum Gasteiger partial charge on any atom is 0.181 e. The summed E-state index contributed by atoms with van der Waals surface area (Å²) in [5.41, 5.74) is 0.884. The SMILES string of the molecule is OC(O)Cn1cnc(-c2ccc(Br)cc2)n1. The number of aliphatic hydroxyl groups excluding tert-OH is 1. The van der Waals surface area contributed by atoms with Gasteiger partial charge in [-0.1, -0.05) is 28.1 Å². The molecule has 0 aliphatic rings. The number of nitrogens with zero attached hydrogens (tertiary/aromatic N) is 3. The monoisotopic (exact) mass is 283 g/mol. The highest BCUT2D eigenvalue weighted by atomic mass is 79.9. The minimum Gasteiger partial charge on any atom is -0.367 e. The lowest BCUT2D eigenvalue weighted by Crippen LogP contribution is -2.14. The Morgan fingerprint density at radius 1 is 1.25 bits per heavy atom. The Morgan fingerprint density at radius 3 is 2.56 bits per heavy atom. The van der Waals surface area contributed by atoms with E-state index in [9.17, 15) is 0 Å². The summed E-state index contributed by atoms with van der Waals surface area (Å²) in [6.07, 6.45) is 0.0519. The molecule has 0 atom stereocenters. The predicted molar refractivity (Wildman–Crippen MR) is 61.4 cm³/mol. The van der Waals surface area contributed by atoms with Crippen LogP contribution in [0.15, 0.2) is 35.1 Å². The van der Waals surface area contributed by atoms with Gasteiger partial charge in [0.1, 0.15) is 6.33 Å². The van der Waals surface area contributed by atoms with Crippen LogP contribution in [-0.4, -0.2) is 31.3 Å². The summed E-state index contributed by atoms with van der Waals surface area (Å²) in [5, 5.41) is 21.7. The standard InChI is InChI=1S/C10H10BrN3O2/c11-8-3-1-7(2-4-8)10-12-6-14(13-10)5-9(15)16/h1-4,6,9,15-16H,5H2. The summed E-state index contributed by atoms with van der Waals surface area (Å²) in [7, 11) is 0. The van der Waals surface area contributed by atoms with E-state index in [0.29, 0.717) is 5.82 Å². The van der Waals surface area contributed by atoms with Crippen LogP contribution in [0, 0.1) is 0 Å². The predicted octanol–water partition coefficient (Wildman–Crippen LogP) is 1.02. The maximum atomic E-state index is 8.78. The van der Waals surface area contributed by atoms with Crippen molar-refractivity contribution in [1.29, 1.82) is 0 Å². The summed E-state index contributed by atoms with van der Waals surface area (Å²) < 4.78 is 2.38. The molecule has 6 heteroatoms. The molecule has 5 nitrogen and oxygen atoms in total. The first kappa shape index (κ1) is 11.3. The highest BCUT2D eigenvalue weighted by Crippen LogP contribution is 2.17. The molecule has 1 aromatic heterocycles. The molecule has 0 fully saturated rings. The van der Waals surface area contributed by atoms with E-state index in [2.05, 4.69) is 26.0 Å². The van der Waals surface area contributed by atoms with Gasteiger partial charge in [-0.05, 0) is 12.1 Å². The van der Waals surface area contributed by atoms with Gasteiger partial charge in [-0.3, -0.25) is 0 Å². The van der Waals surface area contributed by atoms with E-state index < -0.39 is 6.29 Å². The van der Waals surface area contributed by atoms with Crippen molar-refractivity contribution < 1.29 is 10.2 Å². The van der Waals surface area contributed by atoms with Gasteiger partial charge in [-0.25, -0.2) is 9.67 Å². The first-order chi connectivity index (χ1) is 7.65. The van der Waals surface area contributed by atoms with Gasteiger partial charge in [-0.15, -0.1) is 0 Å². The molecule has 0 saturated heterocycles. The number of rotatable bonds is 3. The second kappa shape index (κ2) is 4.73. The van der Waals surface area contributed by atoms with Crippen LogP contribution in [0.3, 0.4) is 0 Å². The fourth-order valence-corrected chi connectivity index (χ4v) is 1.55. The Balaban J connectivity index is 2.21. The fraction of sp³-hybridized carbons (Fsp3) is 0.200. The molecule has 2 rings (SSSR count). The molecule has 84 valence electrons. The average molecular weight is 284 g/mol. The molecule has 0 amide bonds. The minimum atomic E-state index is -1.42. The number of aliphatic hydroxyl groups is 2. The van der Waals surface area contributed by atoms with Gasteiger partial charge < -0.3 is 10.2 Å². The Morgan fingerprint density at radius 2 is 1.94 bits per heavy atom. The second-order valence-electron chi connectivity index (χ2n) is 3.28. The molecule has 1 heterocycles. The minimum absolute atomic E-state index is 0.0174. The number of hydrogen-bond acceptors (Lipinski definition) is 4. The third kappa shape index (κ3) is 2.66. The zero-order valence-electron chi connectivity index (χ0n) is 8.29. The Bertz CT molecular complexity index is 467. The fourth-order valence-electron chi connectivity index (χ4n) is 1.28. The largest absolute Gasteiger partial charge is 0.367 e. The Hall–Kier alpha value is -1.24. The normalized spacial score (nSPS) is 11.0. The molecule has 1 aromatic carbocycles. The average Bonchev–Trinajstić information content (AvgIpc) is 2.66. The van der Waals surface area contributed by atoms with Crippen LogP contribution in [0.25, 0.3) is 11.4 Å². The first-order valence-corrected chi connectivity index (χ1v) is 5.46. The van der Waals surface area contributed by atoms with E-state index in [4.69, 9.17) is 10.2 Å². The van der Waals surface area contributed by atoms with Crippen molar-refractivity contribution in [3.8, 4) is 11.4 Å². The van der Waals surface area contributed by atoms with E-state index in [-0.39, 0.29) is 6.54 Å². The molecule has 0 aliphatic heterocycles. The molecular weight excluding hydrogens is 274 g/mol. The second-order valence-corrected chi connectivity index (χ2v) is 4.19. The van der Waals surface area contributed by atoms with Gasteiger partial charge in [0, 0.05) is 10.0 Å². The lowest BCUT2D eigenvalue weighted by Gasteiger charge is -2.01. The van der Waals surface area contributed by atoms with Crippen molar-refractivity contribution in [2.45, 2.75) is 12.8 Å². The summed E-state index contributed by atoms with van der Waals surface area (Å²) in [5.74, 6) is 0.563. The first-order valence-electron chi connectivity index (χ1n) is 4.66. The molecule has 2 aromatic rings. The zero-order chi connectivity index (χ0) is 11.5. The molecule has 0 unspecified atom stereocenters. The summed E-state index contributed by atoms with van der Waals surface area (Å²) >= 11 is 3.34. The van der Waals surface area contributed by atoms with Gasteiger partial charge in [-0.2, -0.15) is 5.10 Å². The van der Waals surface area contributed by atoms with Gasteiger partial charge >= 0.3 is 0 Å². The van der Waals surface area contributed by atoms with Crippen LogP contribution in [0.1, 0.15) is 0 Å². The highest BCUT2D eigenvalue weighted by Gasteiger charge is 2.05. The smallest absolute Gasteiger partial charge is 0.181 e. The molecule has 2 N–H and O–H groups in total. The molecule has 0 bridgehead atoms. The van der Waals surface area contributed by atoms with Crippen LogP contribution in [0.2, 0.25) is 0 Å². The van der Waals surface area contributed by atoms with Gasteiger partial charge in [0.2, 0.25) is 0 Å². The quantitative estimate of drug-likeness (QED) is 0.825. The number of hydrogen-bond donors (Lipinski definition) is 2. The molecule has 0 saturated carbocycles. The number of halogens is 1. The van der Waals surface area contributed by atoms with E-state index in [1.165, 1.54) is 11.0 Å². The molecule has 0 spiro atoms. The van der Waals surface area contributed by atoms with Crippen LogP contribution < -0.4 is 0 Å². The van der Waals surface area contributed by atoms with Crippen molar-refractivity contribution in [1.82, 2.24) is 14.8 Å². The third-order valence-corrected chi connectivity index (χ3v) is 2.52. The topological polar surface area (TPSA) is 71.2 Å². The highest BCUT2D eigenvalue weighted by molar-refractivity contribution is 9.10. The zero-order valence-corrected chi connectivity index (χ0v) is 9.87. The lowest BCUT2D eigenvalue weighted by molar-refractivity contribution is -0.0535. The third-order valence-electron chi connectivity index (χ3n) is 1.99. The van der Waals surface area contributed by atoms with E-state index in [1.807, 2.05) is 24.3 Å². The van der Waals surface area contributed by atoms with Gasteiger partial charge in [0.05, 0.1) is 6.54 Å². The van der Waals surface area contributed by atoms with Crippen molar-refractivity contribution in [2.75, 3.05) is 0 Å². The van der Waals surface area contributed by atoms with Crippen molar-refractivity contribution in [3.05, 3.63) is 35.1 Å². The Labute approximate surface area is 101 Å². The van der Waals surface area contributed by atoms with E-state index >= 15 is 0 Å². The summed E-state index contributed by atoms with van der Waals surface area (Å²) in [6, 6.07) is 7.58. The van der Waals surface area contributed by atoms with Crippen molar-refractivity contribution >= 4 is 15.9 Å². The van der Waals surface area contributed by atoms with Gasteiger partial charge in [0.15, 0.2) is 12.1 Å². The summed E-state index contributed by atoms with van der Waals surface area (Å²) in [6.45, 7) is 0.0174. The summed E-state index contributed by atoms with van der Waals surface area (Å²) in [4.78, 5) is 4.08. The lowest BCUT2D eigenvalue weighted by atomic mass is 10.2. The van der Waals surface area contributed by atoms with E-state index in [1.54, 1.807) is 0 Å². The van der Waals surface area contributed by atoms with Gasteiger partial charge in [0.25, 0.3) is 0 Å². The van der Waals surface area contributed by atoms with Crippen LogP contribution >= 0.6 is 15.9 Å². The number of aromatic nitrogens is 3. The molecule has 0 radical (unpaired) electrons.